The van der Waals surface area contributed by atoms with Gasteiger partial charge >= 0.3 is 5.97 Å². The molecule has 0 aliphatic heterocycles. The molecule has 29 heavy (non-hydrogen) atoms. The lowest BCUT2D eigenvalue weighted by Crippen LogP contribution is -2.10. The van der Waals surface area contributed by atoms with E-state index in [1.807, 2.05) is 24.3 Å². The van der Waals surface area contributed by atoms with Gasteiger partial charge in [-0.05, 0) is 35.2 Å². The Hall–Kier alpha value is -3.34. The Morgan fingerprint density at radius 3 is 2.45 bits per heavy atom. The van der Waals surface area contributed by atoms with Crippen LogP contribution in [0.5, 0.6) is 0 Å². The van der Waals surface area contributed by atoms with Crippen molar-refractivity contribution in [1.29, 1.82) is 0 Å². The zero-order valence-corrected chi connectivity index (χ0v) is 17.1. The van der Waals surface area contributed by atoms with Crippen molar-refractivity contribution in [2.45, 2.75) is 32.7 Å². The molecule has 2 aromatic heterocycles. The number of esters is 1. The van der Waals surface area contributed by atoms with Gasteiger partial charge < -0.3 is 13.7 Å². The van der Waals surface area contributed by atoms with Crippen molar-refractivity contribution in [3.05, 3.63) is 77.7 Å². The predicted molar refractivity (Wildman–Crippen MR) is 113 cm³/mol. The molecule has 5 nitrogen and oxygen atoms in total. The third kappa shape index (κ3) is 3.68. The number of hydrogen-bond donors (Lipinski definition) is 0. The summed E-state index contributed by atoms with van der Waals surface area (Å²) < 4.78 is 12.5. The first-order chi connectivity index (χ1) is 13.9. The molecule has 0 aliphatic carbocycles. The molecule has 0 saturated carbocycles. The van der Waals surface area contributed by atoms with Crippen molar-refractivity contribution < 1.29 is 13.9 Å². The summed E-state index contributed by atoms with van der Waals surface area (Å²) in [7, 11) is 1.34. The number of benzene rings is 2. The van der Waals surface area contributed by atoms with Gasteiger partial charge in [0.25, 0.3) is 0 Å². The van der Waals surface area contributed by atoms with E-state index in [2.05, 4.69) is 49.6 Å². The second-order valence-corrected chi connectivity index (χ2v) is 8.10. The van der Waals surface area contributed by atoms with Crippen LogP contribution in [0.1, 0.15) is 42.6 Å². The highest BCUT2D eigenvalue weighted by atomic mass is 16.5. The predicted octanol–water partition coefficient (Wildman–Crippen LogP) is 5.43. The number of hydrogen-bond acceptors (Lipinski definition) is 4. The van der Waals surface area contributed by atoms with E-state index in [4.69, 9.17) is 14.1 Å². The van der Waals surface area contributed by atoms with Crippen molar-refractivity contribution in [1.82, 2.24) is 9.55 Å². The Balaban J connectivity index is 1.77. The molecule has 0 amide bonds. The number of carbonyl (C=O) groups excluding carboxylic acids is 1. The van der Waals surface area contributed by atoms with E-state index in [1.54, 1.807) is 12.1 Å². The molecule has 0 fully saturated rings. The molecule has 0 N–H and O–H groups in total. The summed E-state index contributed by atoms with van der Waals surface area (Å²) in [6.45, 7) is 7.07. The average molecular weight is 388 g/mol. The van der Waals surface area contributed by atoms with Crippen LogP contribution in [-0.2, 0) is 16.7 Å². The number of methoxy groups -OCH3 is 1. The van der Waals surface area contributed by atoms with E-state index in [1.165, 1.54) is 12.7 Å². The normalized spacial score (nSPS) is 11.7. The van der Waals surface area contributed by atoms with Crippen molar-refractivity contribution >= 4 is 17.0 Å². The van der Waals surface area contributed by atoms with Crippen LogP contribution in [0, 0.1) is 0 Å². The first-order valence-electron chi connectivity index (χ1n) is 9.60. The van der Waals surface area contributed by atoms with Gasteiger partial charge in [-0.2, -0.15) is 0 Å². The molecular formula is C24H24N2O3. The largest absolute Gasteiger partial charge is 0.463 e. The summed E-state index contributed by atoms with van der Waals surface area (Å²) >= 11 is 0. The van der Waals surface area contributed by atoms with Crippen LogP contribution in [-0.4, -0.2) is 22.6 Å². The van der Waals surface area contributed by atoms with Crippen molar-refractivity contribution in [3.8, 4) is 11.4 Å². The Kier molecular flexibility index (Phi) is 4.74. The fourth-order valence-corrected chi connectivity index (χ4v) is 3.40. The van der Waals surface area contributed by atoms with Gasteiger partial charge in [-0.15, -0.1) is 0 Å². The molecule has 0 atom stereocenters. The molecule has 148 valence electrons. The lowest BCUT2D eigenvalue weighted by molar-refractivity contribution is 0.0563. The van der Waals surface area contributed by atoms with Crippen LogP contribution in [0.2, 0.25) is 0 Å². The Morgan fingerprint density at radius 1 is 1.03 bits per heavy atom. The van der Waals surface area contributed by atoms with Gasteiger partial charge in [0.05, 0.1) is 24.7 Å². The summed E-state index contributed by atoms with van der Waals surface area (Å²) in [6.07, 6.45) is 0. The summed E-state index contributed by atoms with van der Waals surface area (Å²) in [5.41, 5.74) is 4.34. The van der Waals surface area contributed by atoms with Gasteiger partial charge in [0.2, 0.25) is 5.76 Å². The lowest BCUT2D eigenvalue weighted by Gasteiger charge is -2.19. The van der Waals surface area contributed by atoms with Crippen LogP contribution >= 0.6 is 0 Å². The number of rotatable bonds is 4. The minimum atomic E-state index is -0.482. The topological polar surface area (TPSA) is 57.3 Å². The Labute approximate surface area is 169 Å². The molecule has 0 aliphatic rings. The van der Waals surface area contributed by atoms with Gasteiger partial charge in [0.15, 0.2) is 0 Å². The second-order valence-electron chi connectivity index (χ2n) is 8.10. The minimum absolute atomic E-state index is 0.0944. The maximum Gasteiger partial charge on any atom is 0.373 e. The monoisotopic (exact) mass is 388 g/mol. The number of aromatic nitrogens is 2. The quantitative estimate of drug-likeness (QED) is 0.438. The highest BCUT2D eigenvalue weighted by molar-refractivity contribution is 5.86. The van der Waals surface area contributed by atoms with E-state index >= 15 is 0 Å². The fourth-order valence-electron chi connectivity index (χ4n) is 3.40. The van der Waals surface area contributed by atoms with Gasteiger partial charge in [0, 0.05) is 5.56 Å². The van der Waals surface area contributed by atoms with Crippen LogP contribution in [0.15, 0.2) is 65.1 Å². The summed E-state index contributed by atoms with van der Waals surface area (Å²) in [5, 5.41) is 0. The maximum absolute atomic E-state index is 11.7. The number of imidazole rings is 1. The van der Waals surface area contributed by atoms with Crippen LogP contribution < -0.4 is 0 Å². The summed E-state index contributed by atoms with van der Waals surface area (Å²) in [6, 6.07) is 20.0. The van der Waals surface area contributed by atoms with Crippen molar-refractivity contribution in [2.24, 2.45) is 0 Å². The van der Waals surface area contributed by atoms with Gasteiger partial charge in [-0.3, -0.25) is 0 Å². The summed E-state index contributed by atoms with van der Waals surface area (Å²) in [5.74, 6) is 1.25. The van der Waals surface area contributed by atoms with Crippen molar-refractivity contribution in [3.63, 3.8) is 0 Å². The van der Waals surface area contributed by atoms with Crippen molar-refractivity contribution in [2.75, 3.05) is 7.11 Å². The molecule has 2 heterocycles. The highest BCUT2D eigenvalue weighted by Crippen LogP contribution is 2.29. The van der Waals surface area contributed by atoms with E-state index in [0.717, 1.165) is 22.4 Å². The van der Waals surface area contributed by atoms with Crippen LogP contribution in [0.3, 0.4) is 0 Å². The first kappa shape index (κ1) is 19.0. The smallest absolute Gasteiger partial charge is 0.373 e. The van der Waals surface area contributed by atoms with Gasteiger partial charge in [-0.25, -0.2) is 9.78 Å². The van der Waals surface area contributed by atoms with E-state index in [9.17, 15) is 4.79 Å². The lowest BCUT2D eigenvalue weighted by atomic mass is 9.87. The molecule has 0 saturated heterocycles. The summed E-state index contributed by atoms with van der Waals surface area (Å²) in [4.78, 5) is 16.6. The zero-order valence-electron chi connectivity index (χ0n) is 17.1. The molecule has 4 rings (SSSR count). The molecular weight excluding hydrogens is 364 g/mol. The molecule has 0 bridgehead atoms. The van der Waals surface area contributed by atoms with Gasteiger partial charge in [-0.1, -0.05) is 57.2 Å². The molecule has 0 radical (unpaired) electrons. The standard InChI is InChI=1S/C24H24N2O3/c1-24(2,3)17-11-9-16(10-12-17)22-25-19-7-5-6-8-20(19)26(22)15-18-13-14-21(29-18)23(27)28-4/h5-14H,15H2,1-4H3. The molecule has 2 aromatic carbocycles. The SMILES string of the molecule is COC(=O)c1ccc(Cn2c(-c3ccc(C(C)(C)C)cc3)nc3ccccc32)o1. The van der Waals surface area contributed by atoms with E-state index in [-0.39, 0.29) is 11.2 Å². The Morgan fingerprint density at radius 2 is 1.76 bits per heavy atom. The highest BCUT2D eigenvalue weighted by Gasteiger charge is 2.18. The Bertz CT molecular complexity index is 1160. The zero-order chi connectivity index (χ0) is 20.6. The molecule has 0 spiro atoms. The third-order valence-corrected chi connectivity index (χ3v) is 5.03. The van der Waals surface area contributed by atoms with Crippen LogP contribution in [0.25, 0.3) is 22.4 Å². The maximum atomic E-state index is 11.7. The number of furan rings is 1. The second kappa shape index (κ2) is 7.24. The number of nitrogens with zero attached hydrogens (tertiary/aromatic N) is 2. The van der Waals surface area contributed by atoms with E-state index in [0.29, 0.717) is 12.3 Å². The number of carbonyl (C=O) groups is 1. The number of ether oxygens (including phenoxy) is 1. The molecule has 5 heteroatoms. The molecule has 0 unspecified atom stereocenters. The molecule has 4 aromatic rings. The third-order valence-electron chi connectivity index (χ3n) is 5.03. The fraction of sp³-hybridized carbons (Fsp3) is 0.250. The van der Waals surface area contributed by atoms with E-state index < -0.39 is 5.97 Å². The van der Waals surface area contributed by atoms with Crippen LogP contribution in [0.4, 0.5) is 0 Å². The minimum Gasteiger partial charge on any atom is -0.463 e. The average Bonchev–Trinajstić information content (AvgIpc) is 3.32. The van der Waals surface area contributed by atoms with Gasteiger partial charge in [0.1, 0.15) is 11.6 Å². The first-order valence-corrected chi connectivity index (χ1v) is 9.60. The number of para-hydroxylation sites is 2. The number of fused-ring (bicyclic) bond motifs is 1.